The summed E-state index contributed by atoms with van der Waals surface area (Å²) in [5.74, 6) is 1.78. The molecule has 2 aliphatic heterocycles. The van der Waals surface area contributed by atoms with E-state index in [9.17, 15) is 0 Å². The normalized spacial score (nSPS) is 12.7. The maximum absolute atomic E-state index is 7.44. The molecule has 1 aromatic heterocycles. The first-order chi connectivity index (χ1) is 32.3. The molecule has 5 heteroatoms. The molecule has 0 aliphatic carbocycles. The van der Waals surface area contributed by atoms with Gasteiger partial charge in [0.25, 0.3) is 0 Å². The number of hydrogen-bond donors (Lipinski definition) is 0. The Balaban J connectivity index is 1.05. The van der Waals surface area contributed by atoms with E-state index >= 15 is 0 Å². The van der Waals surface area contributed by atoms with Crippen molar-refractivity contribution in [2.24, 2.45) is 0 Å². The molecule has 10 aromatic carbocycles. The van der Waals surface area contributed by atoms with Gasteiger partial charge in [-0.3, -0.25) is 0 Å². The average molecular weight is 845 g/mol. The van der Waals surface area contributed by atoms with E-state index in [0.717, 1.165) is 39.5 Å². The molecule has 0 saturated carbocycles. The highest BCUT2D eigenvalue weighted by atomic mass is 28.3. The minimum absolute atomic E-state index is 0.130. The summed E-state index contributed by atoms with van der Waals surface area (Å²) in [7, 11) is -2.85. The van der Waals surface area contributed by atoms with Crippen molar-refractivity contribution in [1.82, 2.24) is 4.57 Å². The van der Waals surface area contributed by atoms with Crippen molar-refractivity contribution >= 4 is 79.8 Å². The monoisotopic (exact) mass is 844 g/mol. The van der Waals surface area contributed by atoms with Crippen LogP contribution in [0.25, 0.3) is 49.7 Å². The Labute approximate surface area is 380 Å². The predicted octanol–water partition coefficient (Wildman–Crippen LogP) is 10.9. The largest absolute Gasteiger partial charge is 0.458 e. The predicted molar refractivity (Wildman–Crippen MR) is 275 cm³/mol. The van der Waals surface area contributed by atoms with Crippen LogP contribution in [-0.2, 0) is 0 Å². The number of rotatable bonds is 7. The van der Waals surface area contributed by atoms with Crippen LogP contribution in [0.1, 0.15) is 0 Å². The van der Waals surface area contributed by atoms with Gasteiger partial charge in [0.2, 0.25) is 0 Å². The Bertz CT molecular complexity index is 3440. The maximum atomic E-state index is 7.44. The Morgan fingerprint density at radius 3 is 1.57 bits per heavy atom. The highest BCUT2D eigenvalue weighted by Crippen LogP contribution is 2.45. The number of ether oxygens (including phenoxy) is 1. The van der Waals surface area contributed by atoms with E-state index in [-0.39, 0.29) is 6.85 Å². The van der Waals surface area contributed by atoms with Gasteiger partial charge < -0.3 is 14.1 Å². The molecule has 2 aliphatic rings. The number of benzene rings is 10. The lowest BCUT2D eigenvalue weighted by molar-refractivity contribution is 0.488. The van der Waals surface area contributed by atoms with Crippen molar-refractivity contribution < 1.29 is 4.74 Å². The molecule has 13 rings (SSSR count). The van der Waals surface area contributed by atoms with E-state index in [0.29, 0.717) is 0 Å². The van der Waals surface area contributed by atoms with E-state index < -0.39 is 8.07 Å². The highest BCUT2D eigenvalue weighted by Gasteiger charge is 2.46. The van der Waals surface area contributed by atoms with Crippen molar-refractivity contribution in [3.8, 4) is 39.4 Å². The van der Waals surface area contributed by atoms with Crippen LogP contribution < -0.4 is 41.2 Å². The van der Waals surface area contributed by atoms with Crippen molar-refractivity contribution in [3.05, 3.63) is 249 Å². The van der Waals surface area contributed by atoms with Crippen LogP contribution in [0.15, 0.2) is 249 Å². The van der Waals surface area contributed by atoms with Crippen LogP contribution in [0.2, 0.25) is 0 Å². The van der Waals surface area contributed by atoms with Crippen LogP contribution in [0.4, 0.5) is 11.4 Å². The second-order valence-electron chi connectivity index (χ2n) is 17.2. The third-order valence-corrected chi connectivity index (χ3v) is 18.5. The topological polar surface area (TPSA) is 17.4 Å². The summed E-state index contributed by atoms with van der Waals surface area (Å²) in [5.41, 5.74) is 12.8. The third-order valence-electron chi connectivity index (χ3n) is 13.8. The van der Waals surface area contributed by atoms with Crippen molar-refractivity contribution in [3.63, 3.8) is 0 Å². The van der Waals surface area contributed by atoms with Crippen molar-refractivity contribution in [1.29, 1.82) is 0 Å². The highest BCUT2D eigenvalue weighted by molar-refractivity contribution is 7.20. The molecule has 0 bridgehead atoms. The fraction of sp³-hybridized carbons (Fsp3) is 0. The number of anilines is 2. The summed E-state index contributed by atoms with van der Waals surface area (Å²) in [4.78, 5) is 2.53. The first kappa shape index (κ1) is 37.4. The summed E-state index contributed by atoms with van der Waals surface area (Å²) in [6, 6.07) is 91.4. The lowest BCUT2D eigenvalue weighted by atomic mass is 9.44. The number of para-hydroxylation sites is 4. The molecule has 3 heterocycles. The average Bonchev–Trinajstić information content (AvgIpc) is 3.72. The van der Waals surface area contributed by atoms with E-state index in [1.807, 2.05) is 0 Å². The standard InChI is InChI=1S/C60H41BN2OSi/c1-5-21-44(22-6-1)63-57-35-18-15-32-52(57)53-39-43(42-20-19-23-45(38-42)62-55-33-16-13-30-50(55)51-31-14-17-34-56(51)62)40-59-60(53)61(63)54-37-36-49(41-58(54)64-59)65(46-24-7-2-8-25-46,47-26-9-3-10-27-47)48-28-11-4-12-29-48/h1-41H. The van der Waals surface area contributed by atoms with Gasteiger partial charge in [-0.25, -0.2) is 0 Å². The van der Waals surface area contributed by atoms with Gasteiger partial charge in [-0.2, -0.15) is 0 Å². The molecule has 11 aromatic rings. The minimum atomic E-state index is -2.85. The summed E-state index contributed by atoms with van der Waals surface area (Å²) in [6.45, 7) is -0.130. The molecule has 3 nitrogen and oxygen atoms in total. The second kappa shape index (κ2) is 15.0. The summed E-state index contributed by atoms with van der Waals surface area (Å²) in [5, 5.41) is 7.78. The van der Waals surface area contributed by atoms with Gasteiger partial charge in [0.1, 0.15) is 11.5 Å². The zero-order valence-corrected chi connectivity index (χ0v) is 36.6. The molecule has 0 atom stereocenters. The number of aromatic nitrogens is 1. The molecule has 0 unspecified atom stereocenters. The van der Waals surface area contributed by atoms with E-state index in [1.165, 1.54) is 64.8 Å². The zero-order valence-electron chi connectivity index (χ0n) is 35.6. The SMILES string of the molecule is c1ccc(N2B3c4ccc([Si](c5ccccc5)(c5ccccc5)c5ccccc5)cc4Oc4cc(-c5cccc(-n6c7ccccc7c7ccccc76)c5)cc(c43)-c3ccccc32)cc1. The summed E-state index contributed by atoms with van der Waals surface area (Å²) < 4.78 is 9.84. The Hall–Kier alpha value is -8.12. The molecule has 0 saturated heterocycles. The smallest absolute Gasteiger partial charge is 0.336 e. The molecule has 0 amide bonds. The Morgan fingerprint density at radius 2 is 0.923 bits per heavy atom. The molecule has 0 fully saturated rings. The van der Waals surface area contributed by atoms with Gasteiger partial charge in [-0.1, -0.05) is 188 Å². The lowest BCUT2D eigenvalue weighted by Crippen LogP contribution is -2.75. The summed E-state index contributed by atoms with van der Waals surface area (Å²) >= 11 is 0. The Kier molecular flexibility index (Phi) is 8.65. The molecule has 0 radical (unpaired) electrons. The van der Waals surface area contributed by atoms with Crippen LogP contribution in [0.5, 0.6) is 11.5 Å². The summed E-state index contributed by atoms with van der Waals surface area (Å²) in [6.07, 6.45) is 0. The molecular formula is C60H41BN2OSi. The maximum Gasteiger partial charge on any atom is 0.336 e. The number of fused-ring (bicyclic) bond motifs is 7. The number of hydrogen-bond acceptors (Lipinski definition) is 2. The van der Waals surface area contributed by atoms with Gasteiger partial charge in [0, 0.05) is 38.9 Å². The molecule has 0 spiro atoms. The first-order valence-electron chi connectivity index (χ1n) is 22.5. The van der Waals surface area contributed by atoms with Crippen LogP contribution in [0, 0.1) is 0 Å². The molecular weight excluding hydrogens is 804 g/mol. The zero-order chi connectivity index (χ0) is 42.9. The molecule has 65 heavy (non-hydrogen) atoms. The number of nitrogens with zero attached hydrogens (tertiary/aromatic N) is 2. The third kappa shape index (κ3) is 5.76. The van der Waals surface area contributed by atoms with Gasteiger partial charge in [-0.15, -0.1) is 0 Å². The quantitative estimate of drug-likeness (QED) is 0.117. The molecule has 304 valence electrons. The second-order valence-corrected chi connectivity index (χ2v) is 21.0. The van der Waals surface area contributed by atoms with E-state index in [1.54, 1.807) is 0 Å². The van der Waals surface area contributed by atoms with E-state index in [2.05, 4.69) is 258 Å². The van der Waals surface area contributed by atoms with Crippen molar-refractivity contribution in [2.75, 3.05) is 4.81 Å². The lowest BCUT2D eigenvalue weighted by Gasteiger charge is -2.42. The van der Waals surface area contributed by atoms with E-state index in [4.69, 9.17) is 4.74 Å². The first-order valence-corrected chi connectivity index (χ1v) is 24.5. The minimum Gasteiger partial charge on any atom is -0.458 e. The van der Waals surface area contributed by atoms with Gasteiger partial charge >= 0.3 is 6.85 Å². The van der Waals surface area contributed by atoms with Gasteiger partial charge in [-0.05, 0) is 104 Å². The van der Waals surface area contributed by atoms with Gasteiger partial charge in [0.15, 0.2) is 8.07 Å². The van der Waals surface area contributed by atoms with Gasteiger partial charge in [0.05, 0.1) is 11.0 Å². The fourth-order valence-corrected chi connectivity index (χ4v) is 15.8. The van der Waals surface area contributed by atoms with Crippen LogP contribution >= 0.6 is 0 Å². The van der Waals surface area contributed by atoms with Crippen molar-refractivity contribution in [2.45, 2.75) is 0 Å². The van der Waals surface area contributed by atoms with Crippen LogP contribution in [0.3, 0.4) is 0 Å². The fourth-order valence-electron chi connectivity index (χ4n) is 11.0. The Morgan fingerprint density at radius 1 is 0.369 bits per heavy atom. The molecule has 0 N–H and O–H groups in total. The van der Waals surface area contributed by atoms with Crippen LogP contribution in [-0.4, -0.2) is 19.5 Å².